The highest BCUT2D eigenvalue weighted by Gasteiger charge is 2.42. The summed E-state index contributed by atoms with van der Waals surface area (Å²) in [4.78, 5) is 2.63. The largest absolute Gasteiger partial charge is 0.376 e. The highest BCUT2D eigenvalue weighted by atomic mass is 16.5. The van der Waals surface area contributed by atoms with Crippen LogP contribution in [0.2, 0.25) is 0 Å². The minimum Gasteiger partial charge on any atom is -0.376 e. The summed E-state index contributed by atoms with van der Waals surface area (Å²) >= 11 is 0. The van der Waals surface area contributed by atoms with Gasteiger partial charge in [-0.05, 0) is 65.0 Å². The monoisotopic (exact) mass is 211 g/mol. The van der Waals surface area contributed by atoms with Gasteiger partial charge in [0.25, 0.3) is 0 Å². The summed E-state index contributed by atoms with van der Waals surface area (Å²) in [6, 6.07) is 0. The van der Waals surface area contributed by atoms with Gasteiger partial charge < -0.3 is 9.64 Å². The van der Waals surface area contributed by atoms with Crippen molar-refractivity contribution in [2.24, 2.45) is 11.8 Å². The second kappa shape index (κ2) is 4.84. The lowest BCUT2D eigenvalue weighted by atomic mass is 10.2. The lowest BCUT2D eigenvalue weighted by Gasteiger charge is -2.18. The first-order chi connectivity index (χ1) is 7.16. The van der Waals surface area contributed by atoms with Gasteiger partial charge in [0.15, 0.2) is 0 Å². The second-order valence-electron chi connectivity index (χ2n) is 5.56. The molecule has 1 saturated carbocycles. The first-order valence-electron chi connectivity index (χ1n) is 6.54. The Labute approximate surface area is 94.0 Å². The van der Waals surface area contributed by atoms with Crippen molar-refractivity contribution in [1.82, 2.24) is 4.90 Å². The van der Waals surface area contributed by atoms with Crippen LogP contribution in [0.1, 0.15) is 40.0 Å². The topological polar surface area (TPSA) is 12.5 Å². The zero-order chi connectivity index (χ0) is 10.8. The van der Waals surface area contributed by atoms with Crippen molar-refractivity contribution in [1.29, 1.82) is 0 Å². The van der Waals surface area contributed by atoms with Crippen LogP contribution in [0.25, 0.3) is 0 Å². The molecule has 2 heteroatoms. The highest BCUT2D eigenvalue weighted by Crippen LogP contribution is 2.43. The van der Waals surface area contributed by atoms with E-state index in [-0.39, 0.29) is 0 Å². The van der Waals surface area contributed by atoms with Crippen LogP contribution in [0.3, 0.4) is 0 Å². The van der Waals surface area contributed by atoms with Crippen molar-refractivity contribution < 1.29 is 4.74 Å². The number of hydrogen-bond acceptors (Lipinski definition) is 2. The molecule has 2 unspecified atom stereocenters. The Balaban J connectivity index is 1.66. The van der Waals surface area contributed by atoms with E-state index in [0.717, 1.165) is 11.8 Å². The minimum atomic E-state index is 0.382. The maximum absolute atomic E-state index is 5.85. The van der Waals surface area contributed by atoms with E-state index in [2.05, 4.69) is 25.7 Å². The van der Waals surface area contributed by atoms with Gasteiger partial charge in [-0.1, -0.05) is 0 Å². The SMILES string of the molecule is CC(C)O[C@H](C)C1CC1CN1CCCC1. The lowest BCUT2D eigenvalue weighted by molar-refractivity contribution is 0.00278. The van der Waals surface area contributed by atoms with E-state index in [1.807, 2.05) is 0 Å². The molecule has 1 aliphatic heterocycles. The summed E-state index contributed by atoms with van der Waals surface area (Å²) in [6.45, 7) is 10.5. The summed E-state index contributed by atoms with van der Waals surface area (Å²) in [7, 11) is 0. The van der Waals surface area contributed by atoms with Crippen LogP contribution in [0.4, 0.5) is 0 Å². The molecule has 2 aliphatic rings. The fraction of sp³-hybridized carbons (Fsp3) is 1.00. The number of likely N-dealkylation sites (tertiary alicyclic amines) is 1. The van der Waals surface area contributed by atoms with Crippen LogP contribution >= 0.6 is 0 Å². The first kappa shape index (κ1) is 11.4. The molecule has 1 aliphatic carbocycles. The molecule has 0 aromatic rings. The van der Waals surface area contributed by atoms with Crippen molar-refractivity contribution in [2.45, 2.75) is 52.2 Å². The first-order valence-corrected chi connectivity index (χ1v) is 6.54. The number of rotatable bonds is 5. The van der Waals surface area contributed by atoms with Crippen LogP contribution in [-0.4, -0.2) is 36.7 Å². The summed E-state index contributed by atoms with van der Waals surface area (Å²) < 4.78 is 5.85. The van der Waals surface area contributed by atoms with Crippen molar-refractivity contribution in [3.8, 4) is 0 Å². The Bertz CT molecular complexity index is 199. The fourth-order valence-corrected chi connectivity index (χ4v) is 2.88. The standard InChI is InChI=1S/C13H25NO/c1-10(2)15-11(3)13-8-12(13)9-14-6-4-5-7-14/h10-13H,4-9H2,1-3H3/t11-,12?,13?/m1/s1. The van der Waals surface area contributed by atoms with Crippen molar-refractivity contribution in [2.75, 3.05) is 19.6 Å². The predicted molar refractivity (Wildman–Crippen MR) is 63.0 cm³/mol. The van der Waals surface area contributed by atoms with Gasteiger partial charge in [-0.2, -0.15) is 0 Å². The highest BCUT2D eigenvalue weighted by molar-refractivity contribution is 4.93. The maximum atomic E-state index is 5.85. The zero-order valence-corrected chi connectivity index (χ0v) is 10.4. The normalized spacial score (nSPS) is 33.6. The van der Waals surface area contributed by atoms with Gasteiger partial charge in [0.05, 0.1) is 12.2 Å². The average molecular weight is 211 g/mol. The van der Waals surface area contributed by atoms with Crippen LogP contribution in [0, 0.1) is 11.8 Å². The van der Waals surface area contributed by atoms with Gasteiger partial charge in [0, 0.05) is 6.54 Å². The molecular formula is C13H25NO. The summed E-state index contributed by atoms with van der Waals surface area (Å²) in [5, 5.41) is 0. The van der Waals surface area contributed by atoms with Gasteiger partial charge >= 0.3 is 0 Å². The van der Waals surface area contributed by atoms with E-state index in [4.69, 9.17) is 4.74 Å². The Kier molecular flexibility index (Phi) is 3.68. The predicted octanol–water partition coefficient (Wildman–Crippen LogP) is 2.53. The second-order valence-corrected chi connectivity index (χ2v) is 5.56. The van der Waals surface area contributed by atoms with Gasteiger partial charge in [0.1, 0.15) is 0 Å². The number of nitrogens with zero attached hydrogens (tertiary/aromatic N) is 1. The van der Waals surface area contributed by atoms with Crippen molar-refractivity contribution in [3.63, 3.8) is 0 Å². The minimum absolute atomic E-state index is 0.382. The molecule has 0 aromatic heterocycles. The molecule has 0 spiro atoms. The Morgan fingerprint density at radius 1 is 1.20 bits per heavy atom. The van der Waals surface area contributed by atoms with Crippen LogP contribution < -0.4 is 0 Å². The molecule has 0 amide bonds. The molecule has 2 fully saturated rings. The third-order valence-electron chi connectivity index (χ3n) is 3.76. The molecule has 2 rings (SSSR count). The molecule has 1 heterocycles. The van der Waals surface area contributed by atoms with Crippen molar-refractivity contribution >= 4 is 0 Å². The van der Waals surface area contributed by atoms with Crippen LogP contribution in [0.5, 0.6) is 0 Å². The van der Waals surface area contributed by atoms with Gasteiger partial charge in [-0.25, -0.2) is 0 Å². The third-order valence-corrected chi connectivity index (χ3v) is 3.76. The third kappa shape index (κ3) is 3.18. The Morgan fingerprint density at radius 2 is 1.87 bits per heavy atom. The van der Waals surface area contributed by atoms with Crippen molar-refractivity contribution in [3.05, 3.63) is 0 Å². The van der Waals surface area contributed by atoms with E-state index in [0.29, 0.717) is 12.2 Å². The molecule has 15 heavy (non-hydrogen) atoms. The average Bonchev–Trinajstić information content (AvgIpc) is 2.70. The molecular weight excluding hydrogens is 186 g/mol. The molecule has 0 radical (unpaired) electrons. The fourth-order valence-electron chi connectivity index (χ4n) is 2.88. The summed E-state index contributed by atoms with van der Waals surface area (Å²) in [5.74, 6) is 1.77. The van der Waals surface area contributed by atoms with E-state index in [1.165, 1.54) is 38.9 Å². The molecule has 0 N–H and O–H groups in total. The van der Waals surface area contributed by atoms with Gasteiger partial charge in [-0.15, -0.1) is 0 Å². The molecule has 88 valence electrons. The van der Waals surface area contributed by atoms with Crippen LogP contribution in [0.15, 0.2) is 0 Å². The zero-order valence-electron chi connectivity index (χ0n) is 10.4. The lowest BCUT2D eigenvalue weighted by Crippen LogP contribution is -2.24. The quantitative estimate of drug-likeness (QED) is 0.693. The van der Waals surface area contributed by atoms with E-state index >= 15 is 0 Å². The van der Waals surface area contributed by atoms with E-state index in [9.17, 15) is 0 Å². The summed E-state index contributed by atoms with van der Waals surface area (Å²) in [6.07, 6.45) is 5.07. The Morgan fingerprint density at radius 3 is 2.47 bits per heavy atom. The molecule has 1 saturated heterocycles. The molecule has 0 aromatic carbocycles. The van der Waals surface area contributed by atoms with E-state index < -0.39 is 0 Å². The number of ether oxygens (including phenoxy) is 1. The Hall–Kier alpha value is -0.0800. The number of hydrogen-bond donors (Lipinski definition) is 0. The van der Waals surface area contributed by atoms with Crippen LogP contribution in [-0.2, 0) is 4.74 Å². The molecule has 3 atom stereocenters. The van der Waals surface area contributed by atoms with Gasteiger partial charge in [-0.3, -0.25) is 0 Å². The maximum Gasteiger partial charge on any atom is 0.0581 e. The molecule has 2 nitrogen and oxygen atoms in total. The smallest absolute Gasteiger partial charge is 0.0581 e. The van der Waals surface area contributed by atoms with Gasteiger partial charge in [0.2, 0.25) is 0 Å². The summed E-state index contributed by atoms with van der Waals surface area (Å²) in [5.41, 5.74) is 0. The molecule has 0 bridgehead atoms. The van der Waals surface area contributed by atoms with E-state index in [1.54, 1.807) is 0 Å².